The molecule has 0 aliphatic carbocycles. The largest absolute Gasteiger partial charge is 0.350 e. The lowest BCUT2D eigenvalue weighted by Crippen LogP contribution is -2.54. The maximum Gasteiger partial charge on any atom is 0.244 e. The van der Waals surface area contributed by atoms with Gasteiger partial charge < -0.3 is 10.2 Å². The van der Waals surface area contributed by atoms with E-state index in [1.54, 1.807) is 26.0 Å². The van der Waals surface area contributed by atoms with Crippen molar-refractivity contribution in [2.45, 2.75) is 59.7 Å². The second-order valence-corrected chi connectivity index (χ2v) is 11.5. The van der Waals surface area contributed by atoms with Gasteiger partial charge in [-0.25, -0.2) is 12.8 Å². The fourth-order valence-corrected chi connectivity index (χ4v) is 4.33. The normalized spacial score (nSPS) is 12.7. The summed E-state index contributed by atoms with van der Waals surface area (Å²) >= 11 is 0. The van der Waals surface area contributed by atoms with Crippen LogP contribution in [0, 0.1) is 19.7 Å². The summed E-state index contributed by atoms with van der Waals surface area (Å²) in [7, 11) is -3.80. The third-order valence-corrected chi connectivity index (χ3v) is 6.37. The molecule has 0 spiro atoms. The van der Waals surface area contributed by atoms with Gasteiger partial charge in [-0.2, -0.15) is 0 Å². The fourth-order valence-electron chi connectivity index (χ4n) is 3.43. The molecule has 2 aromatic rings. The average Bonchev–Trinajstić information content (AvgIpc) is 2.70. The lowest BCUT2D eigenvalue weighted by Gasteiger charge is -2.33. The quantitative estimate of drug-likeness (QED) is 0.612. The summed E-state index contributed by atoms with van der Waals surface area (Å²) in [5.41, 5.74) is 2.05. The SMILES string of the molecule is Cc1ccc(C)c(N(CC(=O)N(Cc2ccc(F)cc2)[C@@H](C)C(=O)NC(C)(C)C)S(C)(=O)=O)c1. The van der Waals surface area contributed by atoms with Gasteiger partial charge in [0, 0.05) is 12.1 Å². The molecule has 186 valence electrons. The minimum absolute atomic E-state index is 0.0161. The van der Waals surface area contributed by atoms with E-state index < -0.39 is 39.9 Å². The molecule has 2 aromatic carbocycles. The molecule has 1 N–H and O–H groups in total. The van der Waals surface area contributed by atoms with E-state index >= 15 is 0 Å². The van der Waals surface area contributed by atoms with E-state index in [1.165, 1.54) is 29.2 Å². The smallest absolute Gasteiger partial charge is 0.244 e. The summed E-state index contributed by atoms with van der Waals surface area (Å²) in [4.78, 5) is 27.7. The van der Waals surface area contributed by atoms with Crippen molar-refractivity contribution < 1.29 is 22.4 Å². The van der Waals surface area contributed by atoms with E-state index in [0.29, 0.717) is 16.8 Å². The predicted molar refractivity (Wildman–Crippen MR) is 132 cm³/mol. The number of sulfonamides is 1. The number of amides is 2. The van der Waals surface area contributed by atoms with Gasteiger partial charge in [-0.05, 0) is 76.4 Å². The Hall–Kier alpha value is -2.94. The second kappa shape index (κ2) is 10.5. The molecule has 0 heterocycles. The highest BCUT2D eigenvalue weighted by Crippen LogP contribution is 2.24. The number of nitrogens with one attached hydrogen (secondary N) is 1. The molecule has 2 amide bonds. The number of nitrogens with zero attached hydrogens (tertiary/aromatic N) is 2. The van der Waals surface area contributed by atoms with Crippen LogP contribution in [-0.2, 0) is 26.2 Å². The molecule has 2 rings (SSSR count). The summed E-state index contributed by atoms with van der Waals surface area (Å²) < 4.78 is 39.8. The van der Waals surface area contributed by atoms with E-state index in [0.717, 1.165) is 16.1 Å². The first-order valence-corrected chi connectivity index (χ1v) is 12.8. The third-order valence-electron chi connectivity index (χ3n) is 5.24. The van der Waals surface area contributed by atoms with Crippen LogP contribution < -0.4 is 9.62 Å². The van der Waals surface area contributed by atoms with Crippen molar-refractivity contribution >= 4 is 27.5 Å². The van der Waals surface area contributed by atoms with Crippen molar-refractivity contribution in [3.8, 4) is 0 Å². The zero-order valence-corrected chi connectivity index (χ0v) is 21.7. The van der Waals surface area contributed by atoms with E-state index in [-0.39, 0.29) is 12.5 Å². The van der Waals surface area contributed by atoms with Gasteiger partial charge in [-0.15, -0.1) is 0 Å². The van der Waals surface area contributed by atoms with Gasteiger partial charge in [0.2, 0.25) is 21.8 Å². The maximum absolute atomic E-state index is 13.5. The molecule has 34 heavy (non-hydrogen) atoms. The molecule has 0 aromatic heterocycles. The van der Waals surface area contributed by atoms with E-state index in [4.69, 9.17) is 0 Å². The Labute approximate surface area is 202 Å². The number of hydrogen-bond acceptors (Lipinski definition) is 4. The molecule has 0 bridgehead atoms. The molecule has 7 nitrogen and oxygen atoms in total. The first-order chi connectivity index (χ1) is 15.6. The van der Waals surface area contributed by atoms with Crippen LogP contribution >= 0.6 is 0 Å². The summed E-state index contributed by atoms with van der Waals surface area (Å²) in [6, 6.07) is 10.1. The molecule has 0 radical (unpaired) electrons. The van der Waals surface area contributed by atoms with Crippen LogP contribution in [0.1, 0.15) is 44.4 Å². The highest BCUT2D eigenvalue weighted by Gasteiger charge is 2.31. The Morgan fingerprint density at radius 2 is 1.65 bits per heavy atom. The Morgan fingerprint density at radius 3 is 2.18 bits per heavy atom. The summed E-state index contributed by atoms with van der Waals surface area (Å²) in [5, 5.41) is 2.86. The molecule has 9 heteroatoms. The molecule has 0 saturated heterocycles. The van der Waals surface area contributed by atoms with Gasteiger partial charge in [0.25, 0.3) is 0 Å². The topological polar surface area (TPSA) is 86.8 Å². The maximum atomic E-state index is 13.5. The van der Waals surface area contributed by atoms with Gasteiger partial charge in [0.15, 0.2) is 0 Å². The lowest BCUT2D eigenvalue weighted by molar-refractivity contribution is -0.140. The fraction of sp³-hybridized carbons (Fsp3) is 0.440. The van der Waals surface area contributed by atoms with Crippen LogP contribution in [-0.4, -0.2) is 49.5 Å². The van der Waals surface area contributed by atoms with Crippen molar-refractivity contribution in [1.82, 2.24) is 10.2 Å². The van der Waals surface area contributed by atoms with E-state index in [2.05, 4.69) is 5.32 Å². The van der Waals surface area contributed by atoms with Crippen LogP contribution in [0.3, 0.4) is 0 Å². The molecule has 1 atom stereocenters. The van der Waals surface area contributed by atoms with Gasteiger partial charge >= 0.3 is 0 Å². The zero-order chi connectivity index (χ0) is 25.8. The number of halogens is 1. The van der Waals surface area contributed by atoms with Crippen LogP contribution in [0.15, 0.2) is 42.5 Å². The first kappa shape index (κ1) is 27.3. The lowest BCUT2D eigenvalue weighted by atomic mass is 10.1. The van der Waals surface area contributed by atoms with E-state index in [1.807, 2.05) is 33.8 Å². The van der Waals surface area contributed by atoms with Gasteiger partial charge in [0.05, 0.1) is 11.9 Å². The highest BCUT2D eigenvalue weighted by molar-refractivity contribution is 7.92. The van der Waals surface area contributed by atoms with Crippen molar-refractivity contribution in [3.05, 3.63) is 65.0 Å². The van der Waals surface area contributed by atoms with Gasteiger partial charge in [-0.3, -0.25) is 13.9 Å². The number of hydrogen-bond donors (Lipinski definition) is 1. The van der Waals surface area contributed by atoms with E-state index in [9.17, 15) is 22.4 Å². The second-order valence-electron chi connectivity index (χ2n) is 9.62. The molecule has 0 aliphatic heterocycles. The standard InChI is InChI=1S/C25H34FN3O4S/c1-17-8-9-18(2)22(14-17)29(34(7,32)33)16-23(30)28(15-20-10-12-21(26)13-11-20)19(3)24(31)27-25(4,5)6/h8-14,19H,15-16H2,1-7H3,(H,27,31)/t19-/m0/s1. The summed E-state index contributed by atoms with van der Waals surface area (Å²) in [5.74, 6) is -1.34. The average molecular weight is 492 g/mol. The van der Waals surface area contributed by atoms with Gasteiger partial charge in [-0.1, -0.05) is 24.3 Å². The van der Waals surface area contributed by atoms with Gasteiger partial charge in [0.1, 0.15) is 18.4 Å². The van der Waals surface area contributed by atoms with Crippen molar-refractivity contribution in [3.63, 3.8) is 0 Å². The highest BCUT2D eigenvalue weighted by atomic mass is 32.2. The monoisotopic (exact) mass is 491 g/mol. The number of carbonyl (C=O) groups excluding carboxylic acids is 2. The molecular weight excluding hydrogens is 457 g/mol. The van der Waals surface area contributed by atoms with Crippen LogP contribution in [0.5, 0.6) is 0 Å². The Balaban J connectivity index is 2.44. The summed E-state index contributed by atoms with van der Waals surface area (Å²) in [6.45, 7) is 10.2. The number of rotatable bonds is 8. The zero-order valence-electron chi connectivity index (χ0n) is 20.8. The Bertz CT molecular complexity index is 1140. The molecule has 0 fully saturated rings. The molecular formula is C25H34FN3O4S. The minimum Gasteiger partial charge on any atom is -0.350 e. The predicted octanol–water partition coefficient (Wildman–Crippen LogP) is 3.54. The molecule has 0 saturated carbocycles. The molecule has 0 unspecified atom stereocenters. The third kappa shape index (κ3) is 7.55. The number of anilines is 1. The van der Waals surface area contributed by atoms with Crippen molar-refractivity contribution in [1.29, 1.82) is 0 Å². The number of benzene rings is 2. The van der Waals surface area contributed by atoms with Crippen LogP contribution in [0.25, 0.3) is 0 Å². The Kier molecular flexibility index (Phi) is 8.47. The Morgan fingerprint density at radius 1 is 1.06 bits per heavy atom. The molecule has 0 aliphatic rings. The number of carbonyl (C=O) groups is 2. The first-order valence-electron chi connectivity index (χ1n) is 11.0. The number of aryl methyl sites for hydroxylation is 2. The minimum atomic E-state index is -3.80. The van der Waals surface area contributed by atoms with Crippen molar-refractivity contribution in [2.75, 3.05) is 17.1 Å². The summed E-state index contributed by atoms with van der Waals surface area (Å²) in [6.07, 6.45) is 1.04. The van der Waals surface area contributed by atoms with Crippen LogP contribution in [0.4, 0.5) is 10.1 Å². The van der Waals surface area contributed by atoms with Crippen molar-refractivity contribution in [2.24, 2.45) is 0 Å². The van der Waals surface area contributed by atoms with Crippen LogP contribution in [0.2, 0.25) is 0 Å².